The van der Waals surface area contributed by atoms with Crippen molar-refractivity contribution in [1.82, 2.24) is 4.90 Å². The summed E-state index contributed by atoms with van der Waals surface area (Å²) in [4.78, 5) is 15.0. The van der Waals surface area contributed by atoms with E-state index in [0.717, 1.165) is 23.9 Å². The van der Waals surface area contributed by atoms with Crippen molar-refractivity contribution in [3.05, 3.63) is 0 Å². The zero-order valence-electron chi connectivity index (χ0n) is 19.2. The van der Waals surface area contributed by atoms with Crippen LogP contribution in [-0.2, 0) is 4.74 Å². The minimum absolute atomic E-state index is 0.106. The Morgan fingerprint density at radius 2 is 1.37 bits per heavy atom. The maximum atomic E-state index is 13.0. The summed E-state index contributed by atoms with van der Waals surface area (Å²) < 4.78 is 11.1. The minimum atomic E-state index is -2.42. The summed E-state index contributed by atoms with van der Waals surface area (Å²) in [5, 5.41) is 0. The van der Waals surface area contributed by atoms with Crippen molar-refractivity contribution < 1.29 is 9.53 Å². The van der Waals surface area contributed by atoms with E-state index in [1.165, 1.54) is 51.8 Å². The summed E-state index contributed by atoms with van der Waals surface area (Å²) in [5.74, 6) is 0. The molecular formula is C22H48N2O2Sn. The number of amides is 1. The molecule has 162 valence electrons. The third kappa shape index (κ3) is 13.0. The Hall–Kier alpha value is 0.0287. The second-order valence-corrected chi connectivity index (χ2v) is 23.0. The molecule has 0 aromatic carbocycles. The summed E-state index contributed by atoms with van der Waals surface area (Å²) in [5.41, 5.74) is 5.26. The summed E-state index contributed by atoms with van der Waals surface area (Å²) in [6.45, 7) is 14.3. The number of nitrogens with two attached hydrogens (primary N) is 1. The third-order valence-corrected chi connectivity index (χ3v) is 20.4. The van der Waals surface area contributed by atoms with Crippen LogP contribution in [0.2, 0.25) is 13.3 Å². The van der Waals surface area contributed by atoms with Gasteiger partial charge in [0.2, 0.25) is 0 Å². The molecule has 0 aliphatic heterocycles. The van der Waals surface area contributed by atoms with Crippen molar-refractivity contribution in [2.24, 2.45) is 5.73 Å². The molecule has 0 saturated carbocycles. The van der Waals surface area contributed by atoms with Gasteiger partial charge in [-0.15, -0.1) is 0 Å². The Kier molecular flexibility index (Phi) is 15.0. The van der Waals surface area contributed by atoms with E-state index in [-0.39, 0.29) is 6.09 Å². The molecule has 0 heterocycles. The molecule has 0 rings (SSSR count). The standard InChI is InChI=1S/C10H21N2O2.3C4H9.Sn/c1-10(2,3)14-9(13)12(4)8-6-5-7-11;3*1-3-4-2;/h4-8,11H2,1-3H3;3*1,3-4H2,2H3;. The number of nitrogens with zero attached hydrogens (tertiary/aromatic N) is 1. The molecule has 4 nitrogen and oxygen atoms in total. The predicted octanol–water partition coefficient (Wildman–Crippen LogP) is 6.35. The van der Waals surface area contributed by atoms with E-state index >= 15 is 0 Å². The van der Waals surface area contributed by atoms with Gasteiger partial charge in [-0.2, -0.15) is 0 Å². The Bertz CT molecular complexity index is 361. The van der Waals surface area contributed by atoms with Crippen molar-refractivity contribution in [3.8, 4) is 0 Å². The van der Waals surface area contributed by atoms with E-state index < -0.39 is 24.0 Å². The zero-order chi connectivity index (χ0) is 20.8. The molecule has 0 spiro atoms. The van der Waals surface area contributed by atoms with E-state index in [1.807, 2.05) is 20.8 Å². The monoisotopic (exact) mass is 492 g/mol. The first-order valence-electron chi connectivity index (χ1n) is 11.4. The fraction of sp³-hybridized carbons (Fsp3) is 0.955. The first-order valence-corrected chi connectivity index (χ1v) is 19.5. The molecule has 0 radical (unpaired) electrons. The molecule has 5 heteroatoms. The first-order chi connectivity index (χ1) is 12.7. The van der Waals surface area contributed by atoms with Crippen LogP contribution in [0.1, 0.15) is 92.9 Å². The Labute approximate surface area is 173 Å². The number of carbonyl (C=O) groups excluding carboxylic acids is 1. The molecule has 1 amide bonds. The van der Waals surface area contributed by atoms with Gasteiger partial charge in [0.25, 0.3) is 0 Å². The number of carbonyl (C=O) groups is 1. The molecule has 27 heavy (non-hydrogen) atoms. The number of rotatable bonds is 15. The fourth-order valence-electron chi connectivity index (χ4n) is 3.68. The van der Waals surface area contributed by atoms with Crippen molar-refractivity contribution in [2.75, 3.05) is 17.7 Å². The first kappa shape index (κ1) is 27.0. The van der Waals surface area contributed by atoms with Crippen molar-refractivity contribution in [2.45, 2.75) is 112 Å². The molecule has 0 saturated heterocycles. The van der Waals surface area contributed by atoms with Crippen molar-refractivity contribution in [1.29, 1.82) is 0 Å². The van der Waals surface area contributed by atoms with Crippen LogP contribution in [0, 0.1) is 0 Å². The van der Waals surface area contributed by atoms with Gasteiger partial charge >= 0.3 is 174 Å². The van der Waals surface area contributed by atoms with Crippen molar-refractivity contribution in [3.63, 3.8) is 0 Å². The van der Waals surface area contributed by atoms with Gasteiger partial charge in [-0.3, -0.25) is 0 Å². The second kappa shape index (κ2) is 14.9. The van der Waals surface area contributed by atoms with E-state index in [9.17, 15) is 4.79 Å². The van der Waals surface area contributed by atoms with Gasteiger partial charge in [-0.1, -0.05) is 0 Å². The van der Waals surface area contributed by atoms with Crippen LogP contribution in [0.4, 0.5) is 4.79 Å². The second-order valence-electron chi connectivity index (χ2n) is 9.21. The van der Waals surface area contributed by atoms with Gasteiger partial charge in [-0.05, 0) is 0 Å². The number of unbranched alkanes of at least 4 members (excludes halogenated alkanes) is 4. The number of hydrogen-bond donors (Lipinski definition) is 1. The quantitative estimate of drug-likeness (QED) is 0.215. The topological polar surface area (TPSA) is 55.6 Å². The molecule has 0 bridgehead atoms. The number of hydrogen-bond acceptors (Lipinski definition) is 3. The van der Waals surface area contributed by atoms with E-state index in [0.29, 0.717) is 6.54 Å². The summed E-state index contributed by atoms with van der Waals surface area (Å²) in [7, 11) is 0. The molecule has 0 aromatic rings. The third-order valence-electron chi connectivity index (χ3n) is 5.24. The van der Waals surface area contributed by atoms with Gasteiger partial charge in [0, 0.05) is 0 Å². The Balaban J connectivity index is 5.43. The van der Waals surface area contributed by atoms with Crippen LogP contribution in [0.25, 0.3) is 0 Å². The molecule has 0 aliphatic rings. The van der Waals surface area contributed by atoms with Crippen LogP contribution in [-0.4, -0.2) is 52.6 Å². The van der Waals surface area contributed by atoms with Crippen LogP contribution < -0.4 is 5.73 Å². The van der Waals surface area contributed by atoms with Gasteiger partial charge in [0.05, 0.1) is 0 Å². The van der Waals surface area contributed by atoms with Gasteiger partial charge in [-0.25, -0.2) is 0 Å². The van der Waals surface area contributed by atoms with E-state index in [2.05, 4.69) is 25.7 Å². The van der Waals surface area contributed by atoms with Gasteiger partial charge < -0.3 is 0 Å². The predicted molar refractivity (Wildman–Crippen MR) is 121 cm³/mol. The Morgan fingerprint density at radius 1 is 0.889 bits per heavy atom. The van der Waals surface area contributed by atoms with Crippen molar-refractivity contribution >= 4 is 24.5 Å². The zero-order valence-corrected chi connectivity index (χ0v) is 22.1. The summed E-state index contributed by atoms with van der Waals surface area (Å²) in [6, 6.07) is 0. The van der Waals surface area contributed by atoms with E-state index in [4.69, 9.17) is 10.5 Å². The van der Waals surface area contributed by atoms with Crippen LogP contribution in [0.3, 0.4) is 0 Å². The molecular weight excluding hydrogens is 443 g/mol. The van der Waals surface area contributed by atoms with Crippen LogP contribution in [0.15, 0.2) is 0 Å². The summed E-state index contributed by atoms with van der Waals surface area (Å²) in [6.07, 6.45) is 9.61. The average Bonchev–Trinajstić information content (AvgIpc) is 2.60. The molecule has 0 aromatic heterocycles. The van der Waals surface area contributed by atoms with Crippen LogP contribution in [0.5, 0.6) is 0 Å². The SMILES string of the molecule is CCC[CH2][Sn]([CH2]CCC)([CH2]CCC)[CH2]N(CCCCN)C(=O)OC(C)(C)C. The van der Waals surface area contributed by atoms with E-state index in [1.54, 1.807) is 0 Å². The molecule has 0 unspecified atom stereocenters. The molecule has 0 aliphatic carbocycles. The number of ether oxygens (including phenoxy) is 1. The van der Waals surface area contributed by atoms with Crippen LogP contribution >= 0.6 is 0 Å². The van der Waals surface area contributed by atoms with Gasteiger partial charge in [0.1, 0.15) is 0 Å². The Morgan fingerprint density at radius 3 is 1.74 bits per heavy atom. The van der Waals surface area contributed by atoms with Gasteiger partial charge in [0.15, 0.2) is 0 Å². The molecule has 0 atom stereocenters. The maximum absolute atomic E-state index is 13.0. The average molecular weight is 491 g/mol. The fourth-order valence-corrected chi connectivity index (χ4v) is 19.8. The normalized spacial score (nSPS) is 12.3. The summed E-state index contributed by atoms with van der Waals surface area (Å²) >= 11 is -2.42. The molecule has 0 fully saturated rings. The molecule has 2 N–H and O–H groups in total.